The number of nitrogens with zero attached hydrogens (tertiary/aromatic N) is 3. The smallest absolute Gasteiger partial charge is 0.275 e. The largest absolute Gasteiger partial charge is 0.383 e. The quantitative estimate of drug-likeness (QED) is 0.748. The predicted octanol–water partition coefficient (Wildman–Crippen LogP) is 1.98. The molecule has 0 saturated carbocycles. The molecule has 0 fully saturated rings. The van der Waals surface area contributed by atoms with Crippen LogP contribution in [0.2, 0.25) is 0 Å². The van der Waals surface area contributed by atoms with Crippen LogP contribution in [0, 0.1) is 5.92 Å². The lowest BCUT2D eigenvalue weighted by atomic mass is 9.94. The SMILES string of the molecule is COCCN(CC1CC=CCC1)C(=O)c1csnn1. The van der Waals surface area contributed by atoms with Crippen molar-refractivity contribution in [3.05, 3.63) is 23.2 Å². The van der Waals surface area contributed by atoms with Gasteiger partial charge in [0.1, 0.15) is 0 Å². The predicted molar refractivity (Wildman–Crippen MR) is 74.2 cm³/mol. The molecule has 1 unspecified atom stereocenters. The molecule has 1 heterocycles. The molecular weight excluding hydrogens is 262 g/mol. The summed E-state index contributed by atoms with van der Waals surface area (Å²) < 4.78 is 8.84. The molecule has 0 spiro atoms. The van der Waals surface area contributed by atoms with Crippen LogP contribution in [0.25, 0.3) is 0 Å². The zero-order chi connectivity index (χ0) is 13.5. The lowest BCUT2D eigenvalue weighted by Crippen LogP contribution is -2.38. The van der Waals surface area contributed by atoms with Crippen LogP contribution in [0.5, 0.6) is 0 Å². The Bertz CT molecular complexity index is 420. The van der Waals surface area contributed by atoms with Crippen LogP contribution in [0.15, 0.2) is 17.5 Å². The summed E-state index contributed by atoms with van der Waals surface area (Å²) in [7, 11) is 1.65. The van der Waals surface area contributed by atoms with E-state index in [1.165, 1.54) is 11.5 Å². The van der Waals surface area contributed by atoms with Crippen molar-refractivity contribution in [3.63, 3.8) is 0 Å². The van der Waals surface area contributed by atoms with Crippen molar-refractivity contribution in [1.82, 2.24) is 14.5 Å². The summed E-state index contributed by atoms with van der Waals surface area (Å²) in [6, 6.07) is 0. The van der Waals surface area contributed by atoms with Crippen LogP contribution in [0.3, 0.4) is 0 Å². The van der Waals surface area contributed by atoms with Gasteiger partial charge in [-0.15, -0.1) is 5.10 Å². The van der Waals surface area contributed by atoms with Crippen molar-refractivity contribution in [2.24, 2.45) is 5.92 Å². The van der Waals surface area contributed by atoms with Crippen LogP contribution >= 0.6 is 11.5 Å². The zero-order valence-corrected chi connectivity index (χ0v) is 11.9. The summed E-state index contributed by atoms with van der Waals surface area (Å²) >= 11 is 1.20. The fourth-order valence-electron chi connectivity index (χ4n) is 2.23. The summed E-state index contributed by atoms with van der Waals surface area (Å²) in [4.78, 5) is 14.2. The first-order chi connectivity index (χ1) is 9.31. The monoisotopic (exact) mass is 281 g/mol. The molecule has 0 N–H and O–H groups in total. The van der Waals surface area contributed by atoms with E-state index in [2.05, 4.69) is 21.7 Å². The molecule has 1 aliphatic carbocycles. The molecule has 5 nitrogen and oxygen atoms in total. The second-order valence-corrected chi connectivity index (χ2v) is 5.29. The van der Waals surface area contributed by atoms with Gasteiger partial charge in [0, 0.05) is 25.6 Å². The Labute approximate surface area is 117 Å². The van der Waals surface area contributed by atoms with Gasteiger partial charge in [0.2, 0.25) is 0 Å². The number of methoxy groups -OCH3 is 1. The van der Waals surface area contributed by atoms with E-state index in [4.69, 9.17) is 4.74 Å². The summed E-state index contributed by atoms with van der Waals surface area (Å²) in [5.74, 6) is 0.498. The highest BCUT2D eigenvalue weighted by Crippen LogP contribution is 2.20. The van der Waals surface area contributed by atoms with Gasteiger partial charge in [0.15, 0.2) is 5.69 Å². The highest BCUT2D eigenvalue weighted by molar-refractivity contribution is 7.03. The Hall–Kier alpha value is -1.27. The maximum atomic E-state index is 12.3. The van der Waals surface area contributed by atoms with Gasteiger partial charge in [-0.3, -0.25) is 4.79 Å². The second-order valence-electron chi connectivity index (χ2n) is 4.68. The van der Waals surface area contributed by atoms with Gasteiger partial charge < -0.3 is 9.64 Å². The number of carbonyl (C=O) groups is 1. The molecule has 0 bridgehead atoms. The fourth-order valence-corrected chi connectivity index (χ4v) is 2.66. The van der Waals surface area contributed by atoms with Gasteiger partial charge >= 0.3 is 0 Å². The number of allylic oxidation sites excluding steroid dienone is 2. The van der Waals surface area contributed by atoms with Crippen LogP contribution in [0.1, 0.15) is 29.8 Å². The van der Waals surface area contributed by atoms with Gasteiger partial charge in [0.05, 0.1) is 6.61 Å². The molecule has 2 rings (SSSR count). The fraction of sp³-hybridized carbons (Fsp3) is 0.615. The minimum atomic E-state index is -0.0413. The first-order valence-electron chi connectivity index (χ1n) is 6.51. The standard InChI is InChI=1S/C13H19N3O2S/c1-18-8-7-16(9-11-5-3-2-4-6-11)13(17)12-10-19-15-14-12/h2-3,10-11H,4-9H2,1H3. The van der Waals surface area contributed by atoms with E-state index in [0.29, 0.717) is 24.8 Å². The number of rotatable bonds is 6. The van der Waals surface area contributed by atoms with Crippen molar-refractivity contribution in [2.75, 3.05) is 26.8 Å². The van der Waals surface area contributed by atoms with E-state index in [0.717, 1.165) is 25.8 Å². The van der Waals surface area contributed by atoms with Crippen LogP contribution in [-0.4, -0.2) is 47.2 Å². The number of aromatic nitrogens is 2. The summed E-state index contributed by atoms with van der Waals surface area (Å²) in [6.07, 6.45) is 7.71. The minimum Gasteiger partial charge on any atom is -0.383 e. The van der Waals surface area contributed by atoms with Crippen LogP contribution in [0.4, 0.5) is 0 Å². The first-order valence-corrected chi connectivity index (χ1v) is 7.35. The molecule has 104 valence electrons. The molecule has 1 atom stereocenters. The lowest BCUT2D eigenvalue weighted by molar-refractivity contribution is 0.0652. The number of amides is 1. The van der Waals surface area contributed by atoms with E-state index >= 15 is 0 Å². The summed E-state index contributed by atoms with van der Waals surface area (Å²) in [6.45, 7) is 1.92. The molecule has 1 amide bonds. The molecule has 1 aromatic heterocycles. The third-order valence-electron chi connectivity index (χ3n) is 3.29. The Morgan fingerprint density at radius 1 is 1.58 bits per heavy atom. The Kier molecular flexibility index (Phi) is 5.47. The average molecular weight is 281 g/mol. The van der Waals surface area contributed by atoms with Crippen molar-refractivity contribution in [3.8, 4) is 0 Å². The molecule has 1 aromatic rings. The maximum Gasteiger partial charge on any atom is 0.275 e. The maximum absolute atomic E-state index is 12.3. The molecular formula is C13H19N3O2S. The Morgan fingerprint density at radius 2 is 2.47 bits per heavy atom. The van der Waals surface area contributed by atoms with Gasteiger partial charge in [-0.25, -0.2) is 0 Å². The van der Waals surface area contributed by atoms with Crippen molar-refractivity contribution in [1.29, 1.82) is 0 Å². The topological polar surface area (TPSA) is 55.3 Å². The molecule has 0 aliphatic heterocycles. The van der Waals surface area contributed by atoms with Gasteiger partial charge in [0.25, 0.3) is 5.91 Å². The average Bonchev–Trinajstić information content (AvgIpc) is 2.98. The van der Waals surface area contributed by atoms with Crippen molar-refractivity contribution in [2.45, 2.75) is 19.3 Å². The summed E-state index contributed by atoms with van der Waals surface area (Å²) in [5.41, 5.74) is 0.437. The van der Waals surface area contributed by atoms with Crippen molar-refractivity contribution < 1.29 is 9.53 Å². The Balaban J connectivity index is 1.98. The highest BCUT2D eigenvalue weighted by atomic mass is 32.1. The van der Waals surface area contributed by atoms with E-state index in [1.807, 2.05) is 4.90 Å². The molecule has 0 saturated heterocycles. The number of hydrogen-bond donors (Lipinski definition) is 0. The third kappa shape index (κ3) is 4.11. The second kappa shape index (κ2) is 7.35. The Morgan fingerprint density at radius 3 is 3.11 bits per heavy atom. The first kappa shape index (κ1) is 14.1. The molecule has 1 aliphatic rings. The number of carbonyl (C=O) groups excluding carboxylic acids is 1. The molecule has 0 radical (unpaired) electrons. The van der Waals surface area contributed by atoms with Crippen molar-refractivity contribution >= 4 is 17.4 Å². The number of ether oxygens (including phenoxy) is 1. The minimum absolute atomic E-state index is 0.0413. The van der Waals surface area contributed by atoms with Gasteiger partial charge in [-0.05, 0) is 36.7 Å². The van der Waals surface area contributed by atoms with Gasteiger partial charge in [-0.1, -0.05) is 16.6 Å². The highest BCUT2D eigenvalue weighted by Gasteiger charge is 2.22. The van der Waals surface area contributed by atoms with E-state index in [-0.39, 0.29) is 5.91 Å². The van der Waals surface area contributed by atoms with E-state index < -0.39 is 0 Å². The number of hydrogen-bond acceptors (Lipinski definition) is 5. The van der Waals surface area contributed by atoms with E-state index in [9.17, 15) is 4.79 Å². The molecule has 6 heteroatoms. The molecule has 0 aromatic carbocycles. The molecule has 19 heavy (non-hydrogen) atoms. The lowest BCUT2D eigenvalue weighted by Gasteiger charge is -2.27. The summed E-state index contributed by atoms with van der Waals surface area (Å²) in [5, 5.41) is 5.56. The normalized spacial score (nSPS) is 18.5. The van der Waals surface area contributed by atoms with Crippen LogP contribution < -0.4 is 0 Å². The zero-order valence-electron chi connectivity index (χ0n) is 11.1. The van der Waals surface area contributed by atoms with E-state index in [1.54, 1.807) is 12.5 Å². The van der Waals surface area contributed by atoms with Crippen LogP contribution in [-0.2, 0) is 4.74 Å². The third-order valence-corrected chi connectivity index (χ3v) is 3.79. The van der Waals surface area contributed by atoms with Gasteiger partial charge in [-0.2, -0.15) is 0 Å².